The Bertz CT molecular complexity index is 1180. The number of hydrogen-bond acceptors (Lipinski definition) is 4. The van der Waals surface area contributed by atoms with Gasteiger partial charge in [-0.25, -0.2) is 9.59 Å². The Labute approximate surface area is 150 Å². The second-order valence-corrected chi connectivity index (χ2v) is 7.53. The molecule has 0 bridgehead atoms. The van der Waals surface area contributed by atoms with Crippen LogP contribution in [0.3, 0.4) is 0 Å². The summed E-state index contributed by atoms with van der Waals surface area (Å²) in [5.74, 6) is -0.961. The molecule has 2 aliphatic rings. The molecule has 0 amide bonds. The SMILES string of the molecule is Cc1cc2c(c3c1C(=O)OC3=O)-c1c(cc(O)c3ccccc13)C2(C)C. The summed E-state index contributed by atoms with van der Waals surface area (Å²) in [5.41, 5.74) is 4.64. The first kappa shape index (κ1) is 15.1. The van der Waals surface area contributed by atoms with Crippen molar-refractivity contribution in [2.24, 2.45) is 0 Å². The number of carbonyl (C=O) groups is 2. The molecule has 0 radical (unpaired) electrons. The van der Waals surface area contributed by atoms with Crippen molar-refractivity contribution in [1.29, 1.82) is 0 Å². The van der Waals surface area contributed by atoms with Crippen molar-refractivity contribution in [2.75, 3.05) is 0 Å². The maximum absolute atomic E-state index is 12.5. The van der Waals surface area contributed by atoms with Crippen LogP contribution in [0.4, 0.5) is 0 Å². The average Bonchev–Trinajstić information content (AvgIpc) is 3.01. The van der Waals surface area contributed by atoms with Gasteiger partial charge < -0.3 is 9.84 Å². The Morgan fingerprint density at radius 1 is 0.846 bits per heavy atom. The molecule has 0 fully saturated rings. The summed E-state index contributed by atoms with van der Waals surface area (Å²) in [6.45, 7) is 5.97. The van der Waals surface area contributed by atoms with Crippen LogP contribution in [0.1, 0.15) is 51.3 Å². The fraction of sp³-hybridized carbons (Fsp3) is 0.182. The molecule has 5 rings (SSSR count). The number of fused-ring (bicyclic) bond motifs is 7. The number of carbonyl (C=O) groups excluding carboxylic acids is 2. The van der Waals surface area contributed by atoms with E-state index in [0.717, 1.165) is 38.6 Å². The molecule has 128 valence electrons. The van der Waals surface area contributed by atoms with Crippen LogP contribution in [0.5, 0.6) is 5.75 Å². The number of ether oxygens (including phenoxy) is 1. The van der Waals surface area contributed by atoms with Crippen LogP contribution >= 0.6 is 0 Å². The highest BCUT2D eigenvalue weighted by atomic mass is 16.6. The van der Waals surface area contributed by atoms with Crippen molar-refractivity contribution in [3.63, 3.8) is 0 Å². The Kier molecular flexibility index (Phi) is 2.63. The van der Waals surface area contributed by atoms with E-state index in [1.54, 1.807) is 6.07 Å². The zero-order chi connectivity index (χ0) is 18.4. The third-order valence-corrected chi connectivity index (χ3v) is 5.74. The van der Waals surface area contributed by atoms with Gasteiger partial charge in [0.05, 0.1) is 11.1 Å². The van der Waals surface area contributed by atoms with Gasteiger partial charge >= 0.3 is 11.9 Å². The molecule has 1 aliphatic heterocycles. The van der Waals surface area contributed by atoms with Gasteiger partial charge in [0.15, 0.2) is 0 Å². The third kappa shape index (κ3) is 1.59. The monoisotopic (exact) mass is 344 g/mol. The van der Waals surface area contributed by atoms with Gasteiger partial charge in [-0.2, -0.15) is 0 Å². The first-order valence-corrected chi connectivity index (χ1v) is 8.52. The average molecular weight is 344 g/mol. The summed E-state index contributed by atoms with van der Waals surface area (Å²) >= 11 is 0. The van der Waals surface area contributed by atoms with Crippen molar-refractivity contribution in [1.82, 2.24) is 0 Å². The number of aromatic hydroxyl groups is 1. The molecule has 3 aromatic rings. The predicted molar refractivity (Wildman–Crippen MR) is 97.7 cm³/mol. The van der Waals surface area contributed by atoms with Crippen molar-refractivity contribution in [3.8, 4) is 16.9 Å². The third-order valence-electron chi connectivity index (χ3n) is 5.74. The van der Waals surface area contributed by atoms with E-state index in [1.807, 2.05) is 37.3 Å². The van der Waals surface area contributed by atoms with Crippen LogP contribution in [-0.2, 0) is 10.2 Å². The molecular weight excluding hydrogens is 328 g/mol. The van der Waals surface area contributed by atoms with Crippen molar-refractivity contribution >= 4 is 22.7 Å². The Morgan fingerprint density at radius 2 is 1.46 bits per heavy atom. The second kappa shape index (κ2) is 4.52. The summed E-state index contributed by atoms with van der Waals surface area (Å²) in [5, 5.41) is 12.1. The highest BCUT2D eigenvalue weighted by Gasteiger charge is 2.44. The van der Waals surface area contributed by atoms with Gasteiger partial charge in [-0.3, -0.25) is 0 Å². The van der Waals surface area contributed by atoms with E-state index in [0.29, 0.717) is 11.1 Å². The molecular formula is C22H16O4. The van der Waals surface area contributed by atoms with E-state index < -0.39 is 17.4 Å². The van der Waals surface area contributed by atoms with Crippen LogP contribution in [0, 0.1) is 6.92 Å². The number of phenolic OH excluding ortho intramolecular Hbond substituents is 1. The minimum atomic E-state index is -0.592. The minimum absolute atomic E-state index is 0.215. The van der Waals surface area contributed by atoms with Gasteiger partial charge in [-0.05, 0) is 40.6 Å². The zero-order valence-electron chi connectivity index (χ0n) is 14.6. The number of esters is 2. The summed E-state index contributed by atoms with van der Waals surface area (Å²) in [6, 6.07) is 11.3. The van der Waals surface area contributed by atoms with Gasteiger partial charge in [-0.15, -0.1) is 0 Å². The Hall–Kier alpha value is -3.14. The van der Waals surface area contributed by atoms with E-state index in [2.05, 4.69) is 13.8 Å². The maximum Gasteiger partial charge on any atom is 0.347 e. The van der Waals surface area contributed by atoms with Crippen LogP contribution < -0.4 is 0 Å². The van der Waals surface area contributed by atoms with Gasteiger partial charge in [0.25, 0.3) is 0 Å². The fourth-order valence-corrected chi connectivity index (χ4v) is 4.49. The molecule has 4 heteroatoms. The standard InChI is InChI=1S/C22H16O4/c1-10-8-13-18(19-16(10)20(24)26-21(19)25)17-12-7-5-4-6-11(12)15(23)9-14(17)22(13,2)3/h4-9,23H,1-3H3. The molecule has 26 heavy (non-hydrogen) atoms. The second-order valence-electron chi connectivity index (χ2n) is 7.53. The molecule has 4 nitrogen and oxygen atoms in total. The van der Waals surface area contributed by atoms with E-state index >= 15 is 0 Å². The lowest BCUT2D eigenvalue weighted by Crippen LogP contribution is -2.16. The maximum atomic E-state index is 12.5. The largest absolute Gasteiger partial charge is 0.507 e. The summed E-state index contributed by atoms with van der Waals surface area (Å²) in [4.78, 5) is 24.7. The van der Waals surface area contributed by atoms with Crippen molar-refractivity contribution in [3.05, 3.63) is 64.2 Å². The lowest BCUT2D eigenvalue weighted by Gasteiger charge is -2.22. The quantitative estimate of drug-likeness (QED) is 0.483. The van der Waals surface area contributed by atoms with Crippen LogP contribution in [0.2, 0.25) is 0 Å². The number of cyclic esters (lactones) is 2. The smallest absolute Gasteiger partial charge is 0.347 e. The van der Waals surface area contributed by atoms with Crippen molar-refractivity contribution in [2.45, 2.75) is 26.2 Å². The first-order chi connectivity index (χ1) is 12.3. The predicted octanol–water partition coefficient (Wildman–Crippen LogP) is 4.47. The minimum Gasteiger partial charge on any atom is -0.507 e. The number of aryl methyl sites for hydroxylation is 1. The topological polar surface area (TPSA) is 63.6 Å². The zero-order valence-corrected chi connectivity index (χ0v) is 14.6. The van der Waals surface area contributed by atoms with Gasteiger partial charge in [-0.1, -0.05) is 44.2 Å². The Balaban J connectivity index is 2.05. The molecule has 0 unspecified atom stereocenters. The van der Waals surface area contributed by atoms with E-state index in [-0.39, 0.29) is 5.75 Å². The molecule has 1 N–H and O–H groups in total. The summed E-state index contributed by atoms with van der Waals surface area (Å²) in [7, 11) is 0. The fourth-order valence-electron chi connectivity index (χ4n) is 4.49. The van der Waals surface area contributed by atoms with Crippen LogP contribution in [0.15, 0.2) is 36.4 Å². The molecule has 1 heterocycles. The molecule has 1 aliphatic carbocycles. The van der Waals surface area contributed by atoms with Gasteiger partial charge in [0.2, 0.25) is 0 Å². The number of rotatable bonds is 0. The van der Waals surface area contributed by atoms with Gasteiger partial charge in [0, 0.05) is 16.4 Å². The highest BCUT2D eigenvalue weighted by molar-refractivity contribution is 6.21. The van der Waals surface area contributed by atoms with E-state index in [1.165, 1.54) is 0 Å². The molecule has 0 atom stereocenters. The Morgan fingerprint density at radius 3 is 2.19 bits per heavy atom. The molecule has 0 saturated heterocycles. The normalized spacial score (nSPS) is 16.4. The number of benzene rings is 3. The van der Waals surface area contributed by atoms with Crippen molar-refractivity contribution < 1.29 is 19.4 Å². The lowest BCUT2D eigenvalue weighted by atomic mass is 9.80. The van der Waals surface area contributed by atoms with Crippen LogP contribution in [-0.4, -0.2) is 17.0 Å². The lowest BCUT2D eigenvalue weighted by molar-refractivity contribution is 0.0444. The summed E-state index contributed by atoms with van der Waals surface area (Å²) in [6.07, 6.45) is 0. The highest BCUT2D eigenvalue weighted by Crippen LogP contribution is 2.55. The number of phenols is 1. The van der Waals surface area contributed by atoms with Crippen LogP contribution in [0.25, 0.3) is 21.9 Å². The number of hydrogen-bond donors (Lipinski definition) is 1. The molecule has 3 aromatic carbocycles. The first-order valence-electron chi connectivity index (χ1n) is 8.52. The van der Waals surface area contributed by atoms with Gasteiger partial charge in [0.1, 0.15) is 5.75 Å². The molecule has 0 spiro atoms. The van der Waals surface area contributed by atoms with E-state index in [9.17, 15) is 14.7 Å². The molecule has 0 aromatic heterocycles. The summed E-state index contributed by atoms with van der Waals surface area (Å²) < 4.78 is 4.93. The molecule has 0 saturated carbocycles. The van der Waals surface area contributed by atoms with E-state index in [4.69, 9.17) is 4.74 Å².